The van der Waals surface area contributed by atoms with Crippen LogP contribution >= 0.6 is 0 Å². The van der Waals surface area contributed by atoms with Gasteiger partial charge in [0.15, 0.2) is 0 Å². The number of aliphatic carboxylic acids is 1. The van der Waals surface area contributed by atoms with Crippen LogP contribution in [0.5, 0.6) is 0 Å². The fourth-order valence-corrected chi connectivity index (χ4v) is 2.36. The summed E-state index contributed by atoms with van der Waals surface area (Å²) in [5.41, 5.74) is 0. The summed E-state index contributed by atoms with van der Waals surface area (Å²) in [6.07, 6.45) is 3.45. The van der Waals surface area contributed by atoms with Crippen molar-refractivity contribution in [3.05, 3.63) is 0 Å². The smallest absolute Gasteiger partial charge is 0.409 e. The van der Waals surface area contributed by atoms with E-state index in [9.17, 15) is 9.59 Å². The summed E-state index contributed by atoms with van der Waals surface area (Å²) in [6, 6.07) is 0.194. The third-order valence-corrected chi connectivity index (χ3v) is 3.38. The number of amides is 1. The molecule has 1 rings (SSSR count). The molecule has 5 nitrogen and oxygen atoms in total. The molecule has 5 heteroatoms. The van der Waals surface area contributed by atoms with Crippen molar-refractivity contribution in [3.63, 3.8) is 0 Å². The second-order valence-electron chi connectivity index (χ2n) is 4.58. The van der Waals surface area contributed by atoms with Gasteiger partial charge in [-0.15, -0.1) is 0 Å². The van der Waals surface area contributed by atoms with E-state index in [1.54, 1.807) is 18.9 Å². The van der Waals surface area contributed by atoms with Gasteiger partial charge in [-0.25, -0.2) is 4.79 Å². The van der Waals surface area contributed by atoms with Gasteiger partial charge in [0.25, 0.3) is 0 Å². The average molecular weight is 243 g/mol. The molecule has 1 fully saturated rings. The fourth-order valence-electron chi connectivity index (χ4n) is 2.36. The minimum absolute atomic E-state index is 0.194. The molecule has 1 amide bonds. The molecule has 1 aliphatic carbocycles. The molecule has 17 heavy (non-hydrogen) atoms. The number of carboxylic acid groups (broad SMARTS) is 1. The second-order valence-corrected chi connectivity index (χ2v) is 4.58. The molecule has 0 atom stereocenters. The van der Waals surface area contributed by atoms with Crippen molar-refractivity contribution in [2.75, 3.05) is 13.7 Å². The van der Waals surface area contributed by atoms with E-state index in [-0.39, 0.29) is 24.5 Å². The summed E-state index contributed by atoms with van der Waals surface area (Å²) in [5, 5.41) is 8.71. The van der Waals surface area contributed by atoms with Crippen molar-refractivity contribution < 1.29 is 19.4 Å². The van der Waals surface area contributed by atoms with Gasteiger partial charge >= 0.3 is 12.1 Å². The Bertz CT molecular complexity index is 272. The van der Waals surface area contributed by atoms with Gasteiger partial charge in [-0.3, -0.25) is 4.79 Å². The van der Waals surface area contributed by atoms with E-state index < -0.39 is 5.97 Å². The normalized spacial score (nSPS) is 24.1. The standard InChI is InChI=1S/C12H21NO4/c1-3-17-12(16)13(2)10-6-4-9(5-7-10)8-11(14)15/h9-10H,3-8H2,1-2H3,(H,14,15). The topological polar surface area (TPSA) is 66.8 Å². The predicted molar refractivity (Wildman–Crippen MR) is 62.8 cm³/mol. The number of carboxylic acids is 1. The molecule has 0 heterocycles. The first-order valence-electron chi connectivity index (χ1n) is 6.16. The maximum Gasteiger partial charge on any atom is 0.409 e. The molecule has 0 unspecified atom stereocenters. The van der Waals surface area contributed by atoms with Crippen LogP contribution < -0.4 is 0 Å². The van der Waals surface area contributed by atoms with Crippen molar-refractivity contribution in [1.29, 1.82) is 0 Å². The molecule has 0 saturated heterocycles. The number of hydrogen-bond donors (Lipinski definition) is 1. The summed E-state index contributed by atoms with van der Waals surface area (Å²) in [5.74, 6) is -0.466. The lowest BCUT2D eigenvalue weighted by atomic mass is 9.84. The maximum atomic E-state index is 11.5. The fraction of sp³-hybridized carbons (Fsp3) is 0.833. The zero-order valence-electron chi connectivity index (χ0n) is 10.5. The third-order valence-electron chi connectivity index (χ3n) is 3.38. The highest BCUT2D eigenvalue weighted by Crippen LogP contribution is 2.29. The molecule has 0 bridgehead atoms. The monoisotopic (exact) mass is 243 g/mol. The molecule has 0 aromatic rings. The van der Waals surface area contributed by atoms with E-state index >= 15 is 0 Å². The van der Waals surface area contributed by atoms with E-state index in [1.165, 1.54) is 0 Å². The Morgan fingerprint density at radius 1 is 1.29 bits per heavy atom. The number of nitrogens with zero attached hydrogens (tertiary/aromatic N) is 1. The Labute approximate surface area is 102 Å². The minimum atomic E-state index is -0.729. The van der Waals surface area contributed by atoms with Crippen LogP contribution in [0.2, 0.25) is 0 Å². The highest BCUT2D eigenvalue weighted by molar-refractivity contribution is 5.68. The summed E-state index contributed by atoms with van der Waals surface area (Å²) in [7, 11) is 1.75. The van der Waals surface area contributed by atoms with Gasteiger partial charge in [0.05, 0.1) is 6.61 Å². The molecule has 0 aliphatic heterocycles. The summed E-state index contributed by atoms with van der Waals surface area (Å²) >= 11 is 0. The summed E-state index contributed by atoms with van der Waals surface area (Å²) < 4.78 is 4.94. The molecule has 0 aromatic heterocycles. The minimum Gasteiger partial charge on any atom is -0.481 e. The van der Waals surface area contributed by atoms with Crippen molar-refractivity contribution in [1.82, 2.24) is 4.90 Å². The lowest BCUT2D eigenvalue weighted by Gasteiger charge is -2.33. The highest BCUT2D eigenvalue weighted by Gasteiger charge is 2.27. The maximum absolute atomic E-state index is 11.5. The third kappa shape index (κ3) is 4.24. The second kappa shape index (κ2) is 6.47. The van der Waals surface area contributed by atoms with Crippen LogP contribution in [-0.4, -0.2) is 41.8 Å². The van der Waals surface area contributed by atoms with Crippen molar-refractivity contribution in [2.24, 2.45) is 5.92 Å². The van der Waals surface area contributed by atoms with Crippen LogP contribution in [0.3, 0.4) is 0 Å². The van der Waals surface area contributed by atoms with E-state index in [0.29, 0.717) is 6.61 Å². The van der Waals surface area contributed by atoms with Crippen molar-refractivity contribution in [3.8, 4) is 0 Å². The Balaban J connectivity index is 2.35. The highest BCUT2D eigenvalue weighted by atomic mass is 16.6. The molecular formula is C12H21NO4. The number of rotatable bonds is 4. The van der Waals surface area contributed by atoms with Gasteiger partial charge < -0.3 is 14.7 Å². The van der Waals surface area contributed by atoms with E-state index in [1.807, 2.05) is 0 Å². The number of carbonyl (C=O) groups is 2. The summed E-state index contributed by atoms with van der Waals surface area (Å²) in [6.45, 7) is 2.17. The van der Waals surface area contributed by atoms with Crippen LogP contribution in [0.25, 0.3) is 0 Å². The molecule has 1 N–H and O–H groups in total. The zero-order valence-corrected chi connectivity index (χ0v) is 10.5. The van der Waals surface area contributed by atoms with Crippen LogP contribution in [0.1, 0.15) is 39.0 Å². The Kier molecular flexibility index (Phi) is 5.25. The predicted octanol–water partition coefficient (Wildman–Crippen LogP) is 2.11. The Morgan fingerprint density at radius 2 is 1.88 bits per heavy atom. The van der Waals surface area contributed by atoms with Crippen LogP contribution in [0.4, 0.5) is 4.79 Å². The lowest BCUT2D eigenvalue weighted by molar-refractivity contribution is -0.138. The number of carbonyl (C=O) groups excluding carboxylic acids is 1. The quantitative estimate of drug-likeness (QED) is 0.821. The molecular weight excluding hydrogens is 222 g/mol. The number of ether oxygens (including phenoxy) is 1. The van der Waals surface area contributed by atoms with E-state index in [0.717, 1.165) is 25.7 Å². The largest absolute Gasteiger partial charge is 0.481 e. The molecule has 1 saturated carbocycles. The first-order valence-corrected chi connectivity index (χ1v) is 6.16. The molecule has 0 radical (unpaired) electrons. The molecule has 98 valence electrons. The molecule has 0 aromatic carbocycles. The Morgan fingerprint density at radius 3 is 2.35 bits per heavy atom. The van der Waals surface area contributed by atoms with Gasteiger partial charge in [-0.05, 0) is 38.5 Å². The lowest BCUT2D eigenvalue weighted by Crippen LogP contribution is -2.40. The SMILES string of the molecule is CCOC(=O)N(C)C1CCC(CC(=O)O)CC1. The average Bonchev–Trinajstić information content (AvgIpc) is 2.28. The number of hydrogen-bond acceptors (Lipinski definition) is 3. The molecule has 1 aliphatic rings. The van der Waals surface area contributed by atoms with Crippen LogP contribution in [-0.2, 0) is 9.53 Å². The Hall–Kier alpha value is -1.26. The molecule has 0 spiro atoms. The van der Waals surface area contributed by atoms with Crippen LogP contribution in [0, 0.1) is 5.92 Å². The van der Waals surface area contributed by atoms with Gasteiger partial charge in [-0.2, -0.15) is 0 Å². The van der Waals surface area contributed by atoms with E-state index in [2.05, 4.69) is 0 Å². The van der Waals surface area contributed by atoms with Gasteiger partial charge in [-0.1, -0.05) is 0 Å². The van der Waals surface area contributed by atoms with Crippen LogP contribution in [0.15, 0.2) is 0 Å². The van der Waals surface area contributed by atoms with Crippen molar-refractivity contribution >= 4 is 12.1 Å². The van der Waals surface area contributed by atoms with E-state index in [4.69, 9.17) is 9.84 Å². The van der Waals surface area contributed by atoms with Gasteiger partial charge in [0, 0.05) is 19.5 Å². The van der Waals surface area contributed by atoms with Gasteiger partial charge in [0.2, 0.25) is 0 Å². The summed E-state index contributed by atoms with van der Waals surface area (Å²) in [4.78, 5) is 23.7. The first kappa shape index (κ1) is 13.8. The van der Waals surface area contributed by atoms with Gasteiger partial charge in [0.1, 0.15) is 0 Å². The zero-order chi connectivity index (χ0) is 12.8. The first-order chi connectivity index (χ1) is 8.04. The van der Waals surface area contributed by atoms with Crippen molar-refractivity contribution in [2.45, 2.75) is 45.1 Å².